The van der Waals surface area contributed by atoms with Gasteiger partial charge in [-0.25, -0.2) is 0 Å². The molecule has 0 spiro atoms. The third-order valence-corrected chi connectivity index (χ3v) is 3.20. The van der Waals surface area contributed by atoms with Crippen molar-refractivity contribution in [1.29, 1.82) is 0 Å². The minimum absolute atomic E-state index is 0.0234. The Morgan fingerprint density at radius 3 is 2.82 bits per heavy atom. The Hall–Kier alpha value is -2.77. The summed E-state index contributed by atoms with van der Waals surface area (Å²) >= 11 is 0. The van der Waals surface area contributed by atoms with E-state index in [0.29, 0.717) is 17.3 Å². The van der Waals surface area contributed by atoms with Crippen LogP contribution < -0.4 is 10.9 Å². The molecule has 1 aromatic carbocycles. The molecule has 116 valence electrons. The summed E-state index contributed by atoms with van der Waals surface area (Å²) in [4.78, 5) is 34.7. The minimum Gasteiger partial charge on any atom is -0.481 e. The summed E-state index contributed by atoms with van der Waals surface area (Å²) in [5.41, 5.74) is 0.0802. The molecule has 2 rings (SSSR count). The van der Waals surface area contributed by atoms with E-state index in [9.17, 15) is 14.4 Å². The van der Waals surface area contributed by atoms with E-state index in [0.717, 1.165) is 4.68 Å². The summed E-state index contributed by atoms with van der Waals surface area (Å²) in [6.07, 6.45) is 0.302. The maximum absolute atomic E-state index is 12.3. The average Bonchev–Trinajstić information content (AvgIpc) is 2.51. The number of carbonyl (C=O) groups excluding carboxylic acids is 1. The maximum Gasteiger partial charge on any atom is 0.303 e. The van der Waals surface area contributed by atoms with Crippen LogP contribution in [0.1, 0.15) is 25.8 Å². The minimum atomic E-state index is -0.918. The standard InChI is InChI=1S/C14H16N4O4/c1-9(13(21)15-8-4-7-12(19)20)18-14(22)10-5-2-3-6-11(10)16-17-18/h2-3,5-6,9H,4,7-8H2,1H3,(H,15,21)(H,19,20). The Labute approximate surface area is 125 Å². The fourth-order valence-electron chi connectivity index (χ4n) is 1.97. The lowest BCUT2D eigenvalue weighted by Crippen LogP contribution is -2.38. The molecule has 1 atom stereocenters. The number of hydrogen-bond acceptors (Lipinski definition) is 5. The van der Waals surface area contributed by atoms with Gasteiger partial charge in [-0.3, -0.25) is 14.4 Å². The molecule has 0 saturated carbocycles. The molecule has 1 amide bonds. The summed E-state index contributed by atoms with van der Waals surface area (Å²) < 4.78 is 1.02. The fraction of sp³-hybridized carbons (Fsp3) is 0.357. The fourth-order valence-corrected chi connectivity index (χ4v) is 1.97. The van der Waals surface area contributed by atoms with Crippen LogP contribution in [0.3, 0.4) is 0 Å². The van der Waals surface area contributed by atoms with Crippen LogP contribution in [-0.2, 0) is 9.59 Å². The molecule has 22 heavy (non-hydrogen) atoms. The summed E-state index contributed by atoms with van der Waals surface area (Å²) in [6, 6.07) is 5.94. The van der Waals surface area contributed by atoms with Crippen molar-refractivity contribution >= 4 is 22.8 Å². The first-order chi connectivity index (χ1) is 10.5. The van der Waals surface area contributed by atoms with Crippen LogP contribution in [0.15, 0.2) is 29.1 Å². The first-order valence-corrected chi connectivity index (χ1v) is 6.84. The van der Waals surface area contributed by atoms with Gasteiger partial charge in [0.15, 0.2) is 0 Å². The summed E-state index contributed by atoms with van der Waals surface area (Å²) in [6.45, 7) is 1.77. The first kappa shape index (κ1) is 15.6. The second kappa shape index (κ2) is 6.79. The highest BCUT2D eigenvalue weighted by Gasteiger charge is 2.18. The zero-order valence-corrected chi connectivity index (χ0v) is 12.0. The number of carbonyl (C=O) groups is 2. The van der Waals surface area contributed by atoms with E-state index in [2.05, 4.69) is 15.6 Å². The Kier molecular flexibility index (Phi) is 4.82. The molecule has 2 aromatic rings. The van der Waals surface area contributed by atoms with Crippen molar-refractivity contribution < 1.29 is 14.7 Å². The number of rotatable bonds is 6. The Morgan fingerprint density at radius 2 is 2.09 bits per heavy atom. The number of fused-ring (bicyclic) bond motifs is 1. The van der Waals surface area contributed by atoms with E-state index in [1.54, 1.807) is 24.3 Å². The highest BCUT2D eigenvalue weighted by atomic mass is 16.4. The van der Waals surface area contributed by atoms with E-state index in [1.807, 2.05) is 0 Å². The van der Waals surface area contributed by atoms with Gasteiger partial charge in [-0.1, -0.05) is 17.3 Å². The molecule has 2 N–H and O–H groups in total. The lowest BCUT2D eigenvalue weighted by atomic mass is 10.2. The largest absolute Gasteiger partial charge is 0.481 e. The van der Waals surface area contributed by atoms with Crippen molar-refractivity contribution in [2.24, 2.45) is 0 Å². The van der Waals surface area contributed by atoms with E-state index in [-0.39, 0.29) is 13.0 Å². The monoisotopic (exact) mass is 304 g/mol. The van der Waals surface area contributed by atoms with Crippen LogP contribution in [0.2, 0.25) is 0 Å². The number of nitrogens with one attached hydrogen (secondary N) is 1. The van der Waals surface area contributed by atoms with Gasteiger partial charge in [-0.05, 0) is 25.5 Å². The zero-order chi connectivity index (χ0) is 16.1. The van der Waals surface area contributed by atoms with E-state index in [1.165, 1.54) is 6.92 Å². The van der Waals surface area contributed by atoms with Gasteiger partial charge in [0.25, 0.3) is 5.56 Å². The quantitative estimate of drug-likeness (QED) is 0.743. The molecule has 1 heterocycles. The topological polar surface area (TPSA) is 114 Å². The van der Waals surface area contributed by atoms with Gasteiger partial charge < -0.3 is 10.4 Å². The molecular formula is C14H16N4O4. The van der Waals surface area contributed by atoms with Crippen LogP contribution in [0, 0.1) is 0 Å². The number of hydrogen-bond donors (Lipinski definition) is 2. The van der Waals surface area contributed by atoms with E-state index in [4.69, 9.17) is 5.11 Å². The number of amides is 1. The van der Waals surface area contributed by atoms with Crippen molar-refractivity contribution in [3.8, 4) is 0 Å². The third kappa shape index (κ3) is 3.46. The molecule has 0 aliphatic heterocycles. The van der Waals surface area contributed by atoms with Crippen LogP contribution in [0.25, 0.3) is 10.9 Å². The van der Waals surface area contributed by atoms with Crippen molar-refractivity contribution in [2.75, 3.05) is 6.54 Å². The predicted octanol–water partition coefficient (Wildman–Crippen LogP) is 0.333. The molecule has 0 radical (unpaired) electrons. The highest BCUT2D eigenvalue weighted by molar-refractivity contribution is 5.81. The van der Waals surface area contributed by atoms with Gasteiger partial charge in [0.1, 0.15) is 11.6 Å². The third-order valence-electron chi connectivity index (χ3n) is 3.20. The number of carboxylic acids is 1. The number of aromatic nitrogens is 3. The lowest BCUT2D eigenvalue weighted by molar-refractivity contribution is -0.137. The van der Waals surface area contributed by atoms with Crippen LogP contribution in [-0.4, -0.2) is 38.5 Å². The Bertz CT molecular complexity index is 756. The normalized spacial score (nSPS) is 12.0. The predicted molar refractivity (Wildman–Crippen MR) is 78.4 cm³/mol. The van der Waals surface area contributed by atoms with E-state index >= 15 is 0 Å². The van der Waals surface area contributed by atoms with Gasteiger partial charge in [-0.15, -0.1) is 5.10 Å². The average molecular weight is 304 g/mol. The maximum atomic E-state index is 12.3. The van der Waals surface area contributed by atoms with Crippen molar-refractivity contribution in [2.45, 2.75) is 25.8 Å². The zero-order valence-electron chi connectivity index (χ0n) is 12.0. The second-order valence-electron chi connectivity index (χ2n) is 4.82. The SMILES string of the molecule is CC(C(=O)NCCCC(=O)O)n1nnc2ccccc2c1=O. The van der Waals surface area contributed by atoms with Crippen molar-refractivity contribution in [3.05, 3.63) is 34.6 Å². The van der Waals surface area contributed by atoms with Gasteiger partial charge >= 0.3 is 5.97 Å². The smallest absolute Gasteiger partial charge is 0.303 e. The van der Waals surface area contributed by atoms with Crippen molar-refractivity contribution in [1.82, 2.24) is 20.3 Å². The van der Waals surface area contributed by atoms with Crippen LogP contribution in [0.5, 0.6) is 0 Å². The lowest BCUT2D eigenvalue weighted by Gasteiger charge is -2.13. The van der Waals surface area contributed by atoms with Gasteiger partial charge in [0.05, 0.1) is 5.39 Å². The summed E-state index contributed by atoms with van der Waals surface area (Å²) in [7, 11) is 0. The summed E-state index contributed by atoms with van der Waals surface area (Å²) in [5, 5.41) is 19.2. The molecule has 0 saturated heterocycles. The number of benzene rings is 1. The van der Waals surface area contributed by atoms with Gasteiger partial charge in [-0.2, -0.15) is 4.68 Å². The molecule has 1 unspecified atom stereocenters. The number of aliphatic carboxylic acids is 1. The first-order valence-electron chi connectivity index (χ1n) is 6.84. The highest BCUT2D eigenvalue weighted by Crippen LogP contribution is 2.06. The van der Waals surface area contributed by atoms with Gasteiger partial charge in [0, 0.05) is 13.0 Å². The van der Waals surface area contributed by atoms with Crippen LogP contribution in [0.4, 0.5) is 0 Å². The van der Waals surface area contributed by atoms with Crippen LogP contribution >= 0.6 is 0 Å². The molecule has 0 fully saturated rings. The Morgan fingerprint density at radius 1 is 1.36 bits per heavy atom. The molecular weight excluding hydrogens is 288 g/mol. The molecule has 0 bridgehead atoms. The van der Waals surface area contributed by atoms with Crippen molar-refractivity contribution in [3.63, 3.8) is 0 Å². The molecule has 8 nitrogen and oxygen atoms in total. The molecule has 1 aromatic heterocycles. The summed E-state index contributed by atoms with van der Waals surface area (Å²) in [5.74, 6) is -1.32. The second-order valence-corrected chi connectivity index (χ2v) is 4.82. The number of carboxylic acid groups (broad SMARTS) is 1. The van der Waals surface area contributed by atoms with E-state index < -0.39 is 23.5 Å². The molecule has 0 aliphatic carbocycles. The molecule has 8 heteroatoms. The molecule has 0 aliphatic rings. The Balaban J connectivity index is 2.10. The number of nitrogens with zero attached hydrogens (tertiary/aromatic N) is 3. The van der Waals surface area contributed by atoms with Gasteiger partial charge in [0.2, 0.25) is 5.91 Å².